The zero-order chi connectivity index (χ0) is 24.3. The van der Waals surface area contributed by atoms with Crippen molar-refractivity contribution in [3.63, 3.8) is 0 Å². The van der Waals surface area contributed by atoms with Crippen LogP contribution in [0.3, 0.4) is 0 Å². The fourth-order valence-electron chi connectivity index (χ4n) is 3.78. The lowest BCUT2D eigenvalue weighted by atomic mass is 10.2. The second-order valence-corrected chi connectivity index (χ2v) is 10.5. The van der Waals surface area contributed by atoms with Crippen molar-refractivity contribution in [2.45, 2.75) is 23.8 Å². The summed E-state index contributed by atoms with van der Waals surface area (Å²) in [5.74, 6) is -1.92. The van der Waals surface area contributed by atoms with Crippen molar-refractivity contribution in [2.24, 2.45) is 0 Å². The minimum absolute atomic E-state index is 0.0405. The Hall–Kier alpha value is -3.09. The molecule has 0 spiro atoms. The first kappa shape index (κ1) is 24.0. The first-order chi connectivity index (χ1) is 16.3. The van der Waals surface area contributed by atoms with E-state index in [0.717, 1.165) is 33.1 Å². The van der Waals surface area contributed by atoms with Gasteiger partial charge in [-0.1, -0.05) is 18.2 Å². The maximum atomic E-state index is 14.1. The molecule has 2 aliphatic rings. The number of pyridine rings is 1. The molecule has 0 radical (unpaired) electrons. The summed E-state index contributed by atoms with van der Waals surface area (Å²) < 4.78 is 40.9. The molecule has 3 heterocycles. The van der Waals surface area contributed by atoms with E-state index in [9.17, 15) is 27.2 Å². The highest BCUT2D eigenvalue weighted by molar-refractivity contribution is 8.18. The van der Waals surface area contributed by atoms with Crippen LogP contribution in [0.25, 0.3) is 6.08 Å². The third-order valence-electron chi connectivity index (χ3n) is 5.42. The average Bonchev–Trinajstić information content (AvgIpc) is 3.41. The van der Waals surface area contributed by atoms with Crippen LogP contribution in [-0.4, -0.2) is 65.3 Å². The van der Waals surface area contributed by atoms with E-state index >= 15 is 0 Å². The lowest BCUT2D eigenvalue weighted by Gasteiger charge is -2.24. The summed E-state index contributed by atoms with van der Waals surface area (Å²) in [5, 5.41) is 2.14. The van der Waals surface area contributed by atoms with Gasteiger partial charge in [0, 0.05) is 32.0 Å². The number of imide groups is 1. The van der Waals surface area contributed by atoms with Gasteiger partial charge in [-0.3, -0.25) is 24.3 Å². The van der Waals surface area contributed by atoms with Crippen molar-refractivity contribution in [2.75, 3.05) is 19.6 Å². The van der Waals surface area contributed by atoms with Crippen LogP contribution < -0.4 is 5.32 Å². The average molecular weight is 505 g/mol. The van der Waals surface area contributed by atoms with Gasteiger partial charge in [0.05, 0.1) is 4.91 Å². The summed E-state index contributed by atoms with van der Waals surface area (Å²) in [6, 6.07) is 7.49. The molecule has 4 rings (SSSR count). The minimum atomic E-state index is -4.20. The molecule has 1 aromatic heterocycles. The fourth-order valence-corrected chi connectivity index (χ4v) is 6.37. The SMILES string of the molecule is O=C(NCCN1C(=O)S/C(=C/c2cccnc2)C1=O)[C@H]1CCCN1S(=O)(=O)c1ccccc1F. The summed E-state index contributed by atoms with van der Waals surface area (Å²) in [7, 11) is -4.20. The first-order valence-corrected chi connectivity index (χ1v) is 12.7. The summed E-state index contributed by atoms with van der Waals surface area (Å²) in [5.41, 5.74) is 0.679. The Morgan fingerprint density at radius 3 is 2.76 bits per heavy atom. The number of nitrogens with zero attached hydrogens (tertiary/aromatic N) is 3. The number of carbonyl (C=O) groups excluding carboxylic acids is 3. The van der Waals surface area contributed by atoms with E-state index in [1.54, 1.807) is 30.6 Å². The van der Waals surface area contributed by atoms with E-state index in [4.69, 9.17) is 0 Å². The lowest BCUT2D eigenvalue weighted by Crippen LogP contribution is -2.47. The zero-order valence-electron chi connectivity index (χ0n) is 17.9. The van der Waals surface area contributed by atoms with E-state index in [1.807, 2.05) is 0 Å². The topological polar surface area (TPSA) is 117 Å². The largest absolute Gasteiger partial charge is 0.353 e. The van der Waals surface area contributed by atoms with Gasteiger partial charge in [-0.25, -0.2) is 12.8 Å². The molecule has 2 aliphatic heterocycles. The Morgan fingerprint density at radius 1 is 1.24 bits per heavy atom. The molecule has 0 unspecified atom stereocenters. The van der Waals surface area contributed by atoms with Crippen LogP contribution >= 0.6 is 11.8 Å². The molecule has 12 heteroatoms. The van der Waals surface area contributed by atoms with Gasteiger partial charge in [-0.05, 0) is 54.4 Å². The molecule has 1 aromatic carbocycles. The van der Waals surface area contributed by atoms with Crippen molar-refractivity contribution in [3.8, 4) is 0 Å². The lowest BCUT2D eigenvalue weighted by molar-refractivity contribution is -0.125. The van der Waals surface area contributed by atoms with Crippen molar-refractivity contribution < 1.29 is 27.2 Å². The van der Waals surface area contributed by atoms with Gasteiger partial charge in [0.1, 0.15) is 16.8 Å². The van der Waals surface area contributed by atoms with Crippen molar-refractivity contribution in [1.29, 1.82) is 0 Å². The molecule has 34 heavy (non-hydrogen) atoms. The maximum Gasteiger partial charge on any atom is 0.293 e. The van der Waals surface area contributed by atoms with Crippen molar-refractivity contribution in [3.05, 3.63) is 65.1 Å². The Bertz CT molecular complexity index is 1250. The number of hydrogen-bond acceptors (Lipinski definition) is 7. The van der Waals surface area contributed by atoms with Crippen LogP contribution in [0.4, 0.5) is 9.18 Å². The van der Waals surface area contributed by atoms with Gasteiger partial charge in [-0.15, -0.1) is 0 Å². The zero-order valence-corrected chi connectivity index (χ0v) is 19.5. The molecule has 3 amide bonds. The van der Waals surface area contributed by atoms with Gasteiger partial charge in [-0.2, -0.15) is 4.31 Å². The molecular formula is C22H21FN4O5S2. The Morgan fingerprint density at radius 2 is 2.03 bits per heavy atom. The molecular weight excluding hydrogens is 483 g/mol. The molecule has 0 aliphatic carbocycles. The number of hydrogen-bond donors (Lipinski definition) is 1. The third kappa shape index (κ3) is 4.88. The smallest absolute Gasteiger partial charge is 0.293 e. The van der Waals surface area contributed by atoms with Crippen molar-refractivity contribution >= 4 is 44.9 Å². The molecule has 0 bridgehead atoms. The molecule has 1 N–H and O–H groups in total. The Balaban J connectivity index is 1.37. The number of thioether (sulfide) groups is 1. The van der Waals surface area contributed by atoms with Crippen LogP contribution in [-0.2, 0) is 19.6 Å². The number of nitrogens with one attached hydrogen (secondary N) is 1. The van der Waals surface area contributed by atoms with E-state index < -0.39 is 43.8 Å². The van der Waals surface area contributed by atoms with Gasteiger partial charge in [0.15, 0.2) is 0 Å². The predicted octanol–water partition coefficient (Wildman–Crippen LogP) is 2.23. The summed E-state index contributed by atoms with van der Waals surface area (Å²) in [6.07, 6.45) is 5.47. The fraction of sp³-hybridized carbons (Fsp3) is 0.273. The van der Waals surface area contributed by atoms with Crippen LogP contribution in [0.15, 0.2) is 58.6 Å². The van der Waals surface area contributed by atoms with E-state index in [1.165, 1.54) is 12.1 Å². The van der Waals surface area contributed by atoms with Gasteiger partial charge < -0.3 is 5.32 Å². The van der Waals surface area contributed by atoms with Gasteiger partial charge in [0.2, 0.25) is 15.9 Å². The minimum Gasteiger partial charge on any atom is -0.353 e. The van der Waals surface area contributed by atoms with Crippen LogP contribution in [0.5, 0.6) is 0 Å². The van der Waals surface area contributed by atoms with E-state index in [2.05, 4.69) is 10.3 Å². The number of aromatic nitrogens is 1. The number of benzene rings is 1. The second kappa shape index (κ2) is 10.0. The third-order valence-corrected chi connectivity index (χ3v) is 8.27. The monoisotopic (exact) mass is 504 g/mol. The summed E-state index contributed by atoms with van der Waals surface area (Å²) in [6.45, 7) is -0.00824. The maximum absolute atomic E-state index is 14.1. The van der Waals surface area contributed by atoms with Gasteiger partial charge >= 0.3 is 0 Å². The Kier molecular flexibility index (Phi) is 7.10. The molecule has 2 fully saturated rings. The molecule has 1 atom stereocenters. The van der Waals surface area contributed by atoms with E-state index in [-0.39, 0.29) is 31.0 Å². The highest BCUT2D eigenvalue weighted by Crippen LogP contribution is 2.32. The predicted molar refractivity (Wildman–Crippen MR) is 123 cm³/mol. The molecule has 9 nitrogen and oxygen atoms in total. The molecule has 2 aromatic rings. The van der Waals surface area contributed by atoms with Crippen LogP contribution in [0, 0.1) is 5.82 Å². The summed E-state index contributed by atoms with van der Waals surface area (Å²) >= 11 is 0.798. The van der Waals surface area contributed by atoms with E-state index in [0.29, 0.717) is 12.0 Å². The number of carbonyl (C=O) groups is 3. The number of halogens is 1. The quantitative estimate of drug-likeness (QED) is 0.575. The van der Waals surface area contributed by atoms with Gasteiger partial charge in [0.25, 0.3) is 11.1 Å². The highest BCUT2D eigenvalue weighted by Gasteiger charge is 2.40. The first-order valence-electron chi connectivity index (χ1n) is 10.5. The second-order valence-electron chi connectivity index (χ2n) is 7.61. The molecule has 0 saturated carbocycles. The number of amides is 3. The number of sulfonamides is 1. The summed E-state index contributed by atoms with van der Waals surface area (Å²) in [4.78, 5) is 42.3. The highest BCUT2D eigenvalue weighted by atomic mass is 32.2. The molecule has 178 valence electrons. The normalized spacial score (nSPS) is 20.3. The molecule has 2 saturated heterocycles. The number of rotatable bonds is 7. The van der Waals surface area contributed by atoms with Crippen molar-refractivity contribution in [1.82, 2.24) is 19.5 Å². The van der Waals surface area contributed by atoms with Crippen LogP contribution in [0.1, 0.15) is 18.4 Å². The Labute approximate surface area is 200 Å². The standard InChI is InChI=1S/C22H21FN4O5S2/c23-16-6-1-2-8-19(16)34(31,32)27-11-4-7-17(27)20(28)25-10-12-26-21(29)18(33-22(26)30)13-15-5-3-9-24-14-15/h1-3,5-6,8-9,13-14,17H,4,7,10-12H2,(H,25,28)/b18-13+/t17-/m1/s1. The van der Waals surface area contributed by atoms with Crippen LogP contribution in [0.2, 0.25) is 0 Å².